The molecule has 0 aliphatic heterocycles. The molecule has 5 aromatic rings. The van der Waals surface area contributed by atoms with Crippen molar-refractivity contribution in [3.05, 3.63) is 51.5 Å². The highest BCUT2D eigenvalue weighted by Gasteiger charge is 2.19. The van der Waals surface area contributed by atoms with Gasteiger partial charge in [-0.1, -0.05) is 31.8 Å². The predicted octanol–water partition coefficient (Wildman–Crippen LogP) is 4.79. The van der Waals surface area contributed by atoms with Crippen LogP contribution in [0.4, 0.5) is 0 Å². The van der Waals surface area contributed by atoms with E-state index in [9.17, 15) is 4.79 Å². The van der Waals surface area contributed by atoms with Gasteiger partial charge in [-0.3, -0.25) is 4.79 Å². The van der Waals surface area contributed by atoms with Gasteiger partial charge in [-0.25, -0.2) is 14.3 Å². The Kier molecular flexibility index (Phi) is 6.09. The number of halogens is 1. The molecule has 11 heteroatoms. The Balaban J connectivity index is 1.44. The lowest BCUT2D eigenvalue weighted by molar-refractivity contribution is 0.0817. The quantitative estimate of drug-likeness (QED) is 0.169. The molecule has 0 saturated heterocycles. The van der Waals surface area contributed by atoms with Crippen LogP contribution in [0, 0.1) is 0 Å². The Morgan fingerprint density at radius 3 is 2.65 bits per heavy atom. The van der Waals surface area contributed by atoms with Crippen molar-refractivity contribution in [3.63, 3.8) is 0 Å². The summed E-state index contributed by atoms with van der Waals surface area (Å²) in [5, 5.41) is 11.7. The summed E-state index contributed by atoms with van der Waals surface area (Å²) in [5.41, 5.74) is 3.19. The monoisotopic (exact) mass is 514 g/mol. The van der Waals surface area contributed by atoms with Crippen molar-refractivity contribution in [1.29, 1.82) is 0 Å². The first kappa shape index (κ1) is 23.2. The minimum absolute atomic E-state index is 0.142. The number of aryl methyl sites for hydroxylation is 1. The zero-order chi connectivity index (χ0) is 24.0. The average Bonchev–Trinajstić information content (AvgIpc) is 3.47. The molecule has 0 aliphatic rings. The maximum atomic E-state index is 13.4. The summed E-state index contributed by atoms with van der Waals surface area (Å²) in [7, 11) is 0.731. The van der Waals surface area contributed by atoms with E-state index < -0.39 is 8.07 Å². The van der Waals surface area contributed by atoms with Crippen molar-refractivity contribution in [2.75, 3.05) is 6.61 Å². The highest BCUT2D eigenvalue weighted by Crippen LogP contribution is 2.31. The van der Waals surface area contributed by atoms with Gasteiger partial charge in [-0.05, 0) is 17.7 Å². The second kappa shape index (κ2) is 8.92. The zero-order valence-electron chi connectivity index (χ0n) is 19.7. The third-order valence-electron chi connectivity index (χ3n) is 5.99. The maximum Gasteiger partial charge on any atom is 0.291 e. The van der Waals surface area contributed by atoms with E-state index in [2.05, 4.69) is 34.8 Å². The second-order valence-corrected chi connectivity index (χ2v) is 16.6. The zero-order valence-corrected chi connectivity index (χ0v) is 22.3. The Bertz CT molecular complexity index is 1560. The standard InChI is InChI=1S/C23H27ClN6O2SSi/c1-28-20-17(21-22(28)27-19(10-24)33-21)12-25-29(23(20)31)13-15-6-5-7-18-16(15)11-26-30(18)14-32-8-9-34(2,3)4/h5-7,11-12H,8-10,13-14H2,1-4H3. The van der Waals surface area contributed by atoms with Gasteiger partial charge in [0, 0.05) is 32.5 Å². The molecule has 0 saturated carbocycles. The molecule has 0 N–H and O–H groups in total. The molecule has 0 bridgehead atoms. The van der Waals surface area contributed by atoms with E-state index in [1.54, 1.807) is 6.20 Å². The van der Waals surface area contributed by atoms with E-state index in [1.165, 1.54) is 16.0 Å². The molecular weight excluding hydrogens is 488 g/mol. The minimum Gasteiger partial charge on any atom is -0.360 e. The molecule has 8 nitrogen and oxygen atoms in total. The van der Waals surface area contributed by atoms with Gasteiger partial charge in [0.15, 0.2) is 5.65 Å². The lowest BCUT2D eigenvalue weighted by Gasteiger charge is -2.15. The molecule has 5 rings (SSSR count). The first-order valence-corrected chi connectivity index (χ1v) is 16.2. The van der Waals surface area contributed by atoms with E-state index in [0.717, 1.165) is 49.9 Å². The molecule has 0 aliphatic carbocycles. The van der Waals surface area contributed by atoms with Crippen LogP contribution in [0.5, 0.6) is 0 Å². The molecule has 4 aromatic heterocycles. The Hall–Kier alpha value is -2.53. The number of rotatable bonds is 8. The number of hydrogen-bond donors (Lipinski definition) is 0. The number of benzene rings is 1. The van der Waals surface area contributed by atoms with Crippen molar-refractivity contribution < 1.29 is 4.74 Å². The van der Waals surface area contributed by atoms with Gasteiger partial charge in [-0.2, -0.15) is 10.2 Å². The first-order chi connectivity index (χ1) is 16.3. The number of ether oxygens (including phenoxy) is 1. The normalized spacial score (nSPS) is 12.5. The Morgan fingerprint density at radius 2 is 1.88 bits per heavy atom. The molecule has 0 amide bonds. The fourth-order valence-electron chi connectivity index (χ4n) is 4.10. The maximum absolute atomic E-state index is 13.4. The van der Waals surface area contributed by atoms with Crippen LogP contribution in [0.2, 0.25) is 25.7 Å². The van der Waals surface area contributed by atoms with Crippen LogP contribution in [-0.4, -0.2) is 43.8 Å². The van der Waals surface area contributed by atoms with E-state index in [1.807, 2.05) is 40.7 Å². The largest absolute Gasteiger partial charge is 0.360 e. The van der Waals surface area contributed by atoms with Crippen LogP contribution in [-0.2, 0) is 30.9 Å². The van der Waals surface area contributed by atoms with Crippen LogP contribution in [0.25, 0.3) is 32.2 Å². The van der Waals surface area contributed by atoms with Crippen LogP contribution < -0.4 is 5.56 Å². The van der Waals surface area contributed by atoms with E-state index in [4.69, 9.17) is 16.3 Å². The fraction of sp³-hybridized carbons (Fsp3) is 0.391. The van der Waals surface area contributed by atoms with Crippen LogP contribution in [0.1, 0.15) is 10.6 Å². The van der Waals surface area contributed by atoms with Crippen molar-refractivity contribution in [2.45, 2.75) is 44.8 Å². The Labute approximate surface area is 206 Å². The molecule has 178 valence electrons. The van der Waals surface area contributed by atoms with Gasteiger partial charge in [-0.15, -0.1) is 22.9 Å². The molecular formula is C23H27ClN6O2SSi. The molecule has 1 aromatic carbocycles. The van der Waals surface area contributed by atoms with Crippen molar-refractivity contribution in [1.82, 2.24) is 29.1 Å². The number of nitrogens with zero attached hydrogens (tertiary/aromatic N) is 6. The van der Waals surface area contributed by atoms with Crippen molar-refractivity contribution in [2.24, 2.45) is 7.05 Å². The summed E-state index contributed by atoms with van der Waals surface area (Å²) < 4.78 is 12.1. The number of thiazole rings is 1. The van der Waals surface area contributed by atoms with E-state index in [-0.39, 0.29) is 5.56 Å². The molecule has 4 heterocycles. The smallest absolute Gasteiger partial charge is 0.291 e. The van der Waals surface area contributed by atoms with Crippen molar-refractivity contribution in [3.8, 4) is 0 Å². The molecule has 0 fully saturated rings. The third kappa shape index (κ3) is 4.19. The van der Waals surface area contributed by atoms with Gasteiger partial charge in [0.1, 0.15) is 17.3 Å². The highest BCUT2D eigenvalue weighted by molar-refractivity contribution is 7.19. The summed E-state index contributed by atoms with van der Waals surface area (Å²) >= 11 is 7.46. The lowest BCUT2D eigenvalue weighted by Crippen LogP contribution is -2.24. The van der Waals surface area contributed by atoms with Gasteiger partial charge in [0.25, 0.3) is 5.56 Å². The SMILES string of the molecule is Cn1c2nc(CCl)sc2c2cnn(Cc3cccc4c3cnn4COCC[Si](C)(C)C)c(=O)c21. The van der Waals surface area contributed by atoms with Crippen LogP contribution in [0.15, 0.2) is 35.4 Å². The molecule has 0 unspecified atom stereocenters. The summed E-state index contributed by atoms with van der Waals surface area (Å²) in [6.07, 6.45) is 3.59. The fourth-order valence-corrected chi connectivity index (χ4v) is 6.03. The first-order valence-electron chi connectivity index (χ1n) is 11.2. The van der Waals surface area contributed by atoms with Gasteiger partial charge >= 0.3 is 0 Å². The second-order valence-electron chi connectivity index (χ2n) is 9.66. The summed E-state index contributed by atoms with van der Waals surface area (Å²) in [4.78, 5) is 17.9. The molecule has 0 spiro atoms. The minimum atomic E-state index is -1.13. The molecule has 34 heavy (non-hydrogen) atoms. The number of aromatic nitrogens is 6. The number of fused-ring (bicyclic) bond motifs is 4. The van der Waals surface area contributed by atoms with Crippen LogP contribution in [0.3, 0.4) is 0 Å². The van der Waals surface area contributed by atoms with Gasteiger partial charge in [0.2, 0.25) is 0 Å². The van der Waals surface area contributed by atoms with E-state index >= 15 is 0 Å². The topological polar surface area (TPSA) is 79.8 Å². The predicted molar refractivity (Wildman–Crippen MR) is 141 cm³/mol. The number of alkyl halides is 1. The summed E-state index contributed by atoms with van der Waals surface area (Å²) in [6.45, 7) is 8.53. The number of hydrogen-bond acceptors (Lipinski definition) is 6. The van der Waals surface area contributed by atoms with Gasteiger partial charge in [0.05, 0.1) is 35.0 Å². The van der Waals surface area contributed by atoms with Crippen molar-refractivity contribution >= 4 is 63.2 Å². The lowest BCUT2D eigenvalue weighted by atomic mass is 10.1. The molecule has 0 radical (unpaired) electrons. The average molecular weight is 515 g/mol. The van der Waals surface area contributed by atoms with Gasteiger partial charge < -0.3 is 9.30 Å². The highest BCUT2D eigenvalue weighted by atomic mass is 35.5. The van der Waals surface area contributed by atoms with E-state index in [0.29, 0.717) is 24.7 Å². The van der Waals surface area contributed by atoms with Crippen LogP contribution >= 0.6 is 22.9 Å². The summed E-state index contributed by atoms with van der Waals surface area (Å²) in [6, 6.07) is 7.14. The summed E-state index contributed by atoms with van der Waals surface area (Å²) in [5.74, 6) is 0.354. The Morgan fingerprint density at radius 1 is 1.12 bits per heavy atom. The molecule has 0 atom stereocenters. The third-order valence-corrected chi connectivity index (χ3v) is 9.19.